The summed E-state index contributed by atoms with van der Waals surface area (Å²) in [5.74, 6) is -1.08. The van der Waals surface area contributed by atoms with Crippen LogP contribution in [0, 0.1) is 0 Å². The molecule has 0 bridgehead atoms. The monoisotopic (exact) mass is 344 g/mol. The minimum absolute atomic E-state index is 0.129. The standard InChI is InChI=1S/C15H19F3N4O2/c16-15(17,18)9-13(23)20-5-7-21(8-6-20)14(24)11-10-19-22-4-2-1-3-12(11)22/h10H,1-9H2. The Bertz CT molecular complexity index is 633. The van der Waals surface area contributed by atoms with E-state index >= 15 is 0 Å². The number of aromatic nitrogens is 2. The Morgan fingerprint density at radius 2 is 1.71 bits per heavy atom. The molecule has 0 spiro atoms. The number of amides is 2. The number of nitrogens with zero attached hydrogens (tertiary/aromatic N) is 4. The van der Waals surface area contributed by atoms with E-state index in [-0.39, 0.29) is 32.1 Å². The topological polar surface area (TPSA) is 58.4 Å². The number of fused-ring (bicyclic) bond motifs is 1. The van der Waals surface area contributed by atoms with Gasteiger partial charge in [0.2, 0.25) is 5.91 Å². The maximum Gasteiger partial charge on any atom is 0.397 e. The molecule has 3 rings (SSSR count). The lowest BCUT2D eigenvalue weighted by Crippen LogP contribution is -2.51. The maximum absolute atomic E-state index is 12.6. The molecule has 2 amide bonds. The van der Waals surface area contributed by atoms with E-state index in [0.717, 1.165) is 31.5 Å². The fourth-order valence-corrected chi connectivity index (χ4v) is 3.21. The molecule has 0 aliphatic carbocycles. The molecule has 1 aromatic rings. The molecule has 132 valence electrons. The van der Waals surface area contributed by atoms with Gasteiger partial charge in [-0.15, -0.1) is 0 Å². The fourth-order valence-electron chi connectivity index (χ4n) is 3.21. The normalized spacial score (nSPS) is 18.5. The number of rotatable bonds is 2. The second-order valence-electron chi connectivity index (χ2n) is 6.15. The first kappa shape index (κ1) is 16.8. The van der Waals surface area contributed by atoms with Crippen LogP contribution in [0.25, 0.3) is 0 Å². The molecule has 24 heavy (non-hydrogen) atoms. The lowest BCUT2D eigenvalue weighted by atomic mass is 10.1. The van der Waals surface area contributed by atoms with Crippen LogP contribution in [0.1, 0.15) is 35.3 Å². The Morgan fingerprint density at radius 1 is 1.04 bits per heavy atom. The number of hydrogen-bond donors (Lipinski definition) is 0. The summed E-state index contributed by atoms with van der Waals surface area (Å²) in [4.78, 5) is 27.0. The molecule has 1 fully saturated rings. The zero-order valence-electron chi connectivity index (χ0n) is 13.2. The van der Waals surface area contributed by atoms with E-state index in [2.05, 4.69) is 5.10 Å². The minimum atomic E-state index is -4.50. The highest BCUT2D eigenvalue weighted by atomic mass is 19.4. The highest BCUT2D eigenvalue weighted by Crippen LogP contribution is 2.22. The van der Waals surface area contributed by atoms with Gasteiger partial charge in [-0.2, -0.15) is 18.3 Å². The third-order valence-corrected chi connectivity index (χ3v) is 4.48. The van der Waals surface area contributed by atoms with Crippen molar-refractivity contribution in [1.29, 1.82) is 0 Å². The van der Waals surface area contributed by atoms with E-state index in [0.29, 0.717) is 5.56 Å². The summed E-state index contributed by atoms with van der Waals surface area (Å²) in [6.45, 7) is 1.55. The van der Waals surface area contributed by atoms with Gasteiger partial charge < -0.3 is 9.80 Å². The van der Waals surface area contributed by atoms with E-state index in [9.17, 15) is 22.8 Å². The summed E-state index contributed by atoms with van der Waals surface area (Å²) < 4.78 is 38.7. The molecule has 2 aliphatic heterocycles. The van der Waals surface area contributed by atoms with E-state index in [1.807, 2.05) is 4.68 Å². The maximum atomic E-state index is 12.6. The number of hydrogen-bond acceptors (Lipinski definition) is 3. The number of carbonyl (C=O) groups excluding carboxylic acids is 2. The Kier molecular flexibility index (Phi) is 4.51. The van der Waals surface area contributed by atoms with E-state index in [4.69, 9.17) is 0 Å². The summed E-state index contributed by atoms with van der Waals surface area (Å²) in [7, 11) is 0. The fraction of sp³-hybridized carbons (Fsp3) is 0.667. The van der Waals surface area contributed by atoms with Crippen molar-refractivity contribution in [2.24, 2.45) is 0 Å². The van der Waals surface area contributed by atoms with Gasteiger partial charge >= 0.3 is 6.18 Å². The van der Waals surface area contributed by atoms with Crippen molar-refractivity contribution in [3.63, 3.8) is 0 Å². The Labute approximate surface area is 137 Å². The summed E-state index contributed by atoms with van der Waals surface area (Å²) in [6.07, 6.45) is -1.50. The Balaban J connectivity index is 1.60. The van der Waals surface area contributed by atoms with Gasteiger partial charge in [0.15, 0.2) is 0 Å². The predicted octanol–water partition coefficient (Wildman–Crippen LogP) is 1.46. The number of carbonyl (C=O) groups is 2. The van der Waals surface area contributed by atoms with Gasteiger partial charge in [-0.1, -0.05) is 0 Å². The van der Waals surface area contributed by atoms with Crippen molar-refractivity contribution in [1.82, 2.24) is 19.6 Å². The molecule has 1 saturated heterocycles. The van der Waals surface area contributed by atoms with Crippen LogP contribution in [0.3, 0.4) is 0 Å². The van der Waals surface area contributed by atoms with Crippen molar-refractivity contribution in [3.8, 4) is 0 Å². The lowest BCUT2D eigenvalue weighted by molar-refractivity contribution is -0.162. The molecule has 6 nitrogen and oxygen atoms in total. The van der Waals surface area contributed by atoms with Crippen molar-refractivity contribution in [2.45, 2.75) is 38.4 Å². The van der Waals surface area contributed by atoms with Crippen LogP contribution in [0.15, 0.2) is 6.20 Å². The highest BCUT2D eigenvalue weighted by molar-refractivity contribution is 5.95. The molecular weight excluding hydrogens is 325 g/mol. The molecule has 3 heterocycles. The van der Waals surface area contributed by atoms with E-state index < -0.39 is 18.5 Å². The number of piperazine rings is 1. The first-order chi connectivity index (χ1) is 11.3. The molecule has 0 unspecified atom stereocenters. The van der Waals surface area contributed by atoms with Crippen LogP contribution in [-0.4, -0.2) is 63.7 Å². The molecular formula is C15H19F3N4O2. The summed E-state index contributed by atoms with van der Waals surface area (Å²) in [5, 5.41) is 4.24. The van der Waals surface area contributed by atoms with Crippen LogP contribution in [0.2, 0.25) is 0 Å². The average molecular weight is 344 g/mol. The Morgan fingerprint density at radius 3 is 2.38 bits per heavy atom. The molecule has 0 radical (unpaired) electrons. The van der Waals surface area contributed by atoms with Crippen LogP contribution < -0.4 is 0 Å². The van der Waals surface area contributed by atoms with Crippen molar-refractivity contribution < 1.29 is 22.8 Å². The first-order valence-corrected chi connectivity index (χ1v) is 8.03. The smallest absolute Gasteiger partial charge is 0.339 e. The molecule has 1 aromatic heterocycles. The molecule has 0 atom stereocenters. The van der Waals surface area contributed by atoms with Gasteiger partial charge in [-0.3, -0.25) is 14.3 Å². The van der Waals surface area contributed by atoms with Crippen molar-refractivity contribution >= 4 is 11.8 Å². The van der Waals surface area contributed by atoms with Gasteiger partial charge in [-0.05, 0) is 19.3 Å². The number of alkyl halides is 3. The highest BCUT2D eigenvalue weighted by Gasteiger charge is 2.35. The van der Waals surface area contributed by atoms with Crippen LogP contribution >= 0.6 is 0 Å². The molecule has 0 saturated carbocycles. The molecule has 0 N–H and O–H groups in total. The lowest BCUT2D eigenvalue weighted by Gasteiger charge is -2.35. The number of aryl methyl sites for hydroxylation is 1. The van der Waals surface area contributed by atoms with Crippen LogP contribution in [0.4, 0.5) is 13.2 Å². The number of halogens is 3. The zero-order valence-corrected chi connectivity index (χ0v) is 13.2. The second-order valence-corrected chi connectivity index (χ2v) is 6.15. The van der Waals surface area contributed by atoms with Gasteiger partial charge in [0, 0.05) is 32.7 Å². The summed E-state index contributed by atoms with van der Waals surface area (Å²) in [6, 6.07) is 0. The van der Waals surface area contributed by atoms with Gasteiger partial charge in [0.05, 0.1) is 17.5 Å². The second kappa shape index (κ2) is 6.45. The predicted molar refractivity (Wildman–Crippen MR) is 78.3 cm³/mol. The van der Waals surface area contributed by atoms with Crippen LogP contribution in [-0.2, 0) is 17.8 Å². The summed E-state index contributed by atoms with van der Waals surface area (Å²) in [5.41, 5.74) is 1.51. The van der Waals surface area contributed by atoms with Crippen molar-refractivity contribution in [3.05, 3.63) is 17.5 Å². The van der Waals surface area contributed by atoms with Gasteiger partial charge in [-0.25, -0.2) is 0 Å². The van der Waals surface area contributed by atoms with E-state index in [1.54, 1.807) is 11.1 Å². The molecule has 0 aromatic carbocycles. The van der Waals surface area contributed by atoms with Crippen LogP contribution in [0.5, 0.6) is 0 Å². The minimum Gasteiger partial charge on any atom is -0.339 e. The molecule has 2 aliphatic rings. The Hall–Kier alpha value is -2.06. The first-order valence-electron chi connectivity index (χ1n) is 8.03. The quantitative estimate of drug-likeness (QED) is 0.816. The van der Waals surface area contributed by atoms with Crippen molar-refractivity contribution in [2.75, 3.05) is 26.2 Å². The average Bonchev–Trinajstić information content (AvgIpc) is 2.97. The molecule has 9 heteroatoms. The van der Waals surface area contributed by atoms with Gasteiger partial charge in [0.25, 0.3) is 5.91 Å². The SMILES string of the molecule is O=C(CC(F)(F)F)N1CCN(C(=O)c2cnn3c2CCCC3)CC1. The van der Waals surface area contributed by atoms with E-state index in [1.165, 1.54) is 4.90 Å². The summed E-state index contributed by atoms with van der Waals surface area (Å²) >= 11 is 0. The third-order valence-electron chi connectivity index (χ3n) is 4.48. The third kappa shape index (κ3) is 3.54. The zero-order chi connectivity index (χ0) is 17.3. The largest absolute Gasteiger partial charge is 0.397 e. The van der Waals surface area contributed by atoms with Gasteiger partial charge in [0.1, 0.15) is 6.42 Å².